The first-order valence-corrected chi connectivity index (χ1v) is 7.50. The molecule has 6 nitrogen and oxygen atoms in total. The first kappa shape index (κ1) is 20.2. The van der Waals surface area contributed by atoms with Crippen molar-refractivity contribution in [3.05, 3.63) is 0 Å². The van der Waals surface area contributed by atoms with Crippen LogP contribution < -0.4 is 0 Å². The number of hydrogen-bond acceptors (Lipinski definition) is 6. The Morgan fingerprint density at radius 3 is 2.27 bits per heavy atom. The Bertz CT molecular complexity index is 475. The van der Waals surface area contributed by atoms with Gasteiger partial charge >= 0.3 is 0 Å². The van der Waals surface area contributed by atoms with Gasteiger partial charge in [-0.25, -0.2) is 19.6 Å². The van der Waals surface area contributed by atoms with Gasteiger partial charge < -0.3 is 5.21 Å². The van der Waals surface area contributed by atoms with Gasteiger partial charge in [0.25, 0.3) is 0 Å². The van der Waals surface area contributed by atoms with E-state index in [4.69, 9.17) is 5.21 Å². The highest BCUT2D eigenvalue weighted by molar-refractivity contribution is 5.80. The van der Waals surface area contributed by atoms with E-state index < -0.39 is 0 Å². The van der Waals surface area contributed by atoms with Crippen LogP contribution in [0.2, 0.25) is 0 Å². The number of oxime groups is 1. The molecule has 0 amide bonds. The van der Waals surface area contributed by atoms with E-state index in [0.29, 0.717) is 6.54 Å². The van der Waals surface area contributed by atoms with E-state index in [1.165, 1.54) is 0 Å². The van der Waals surface area contributed by atoms with Crippen LogP contribution in [0.4, 0.5) is 0 Å². The Kier molecular flexibility index (Phi) is 8.54. The fraction of sp³-hybridized carbons (Fsp3) is 0.812. The normalized spacial score (nSPS) is 26.8. The van der Waals surface area contributed by atoms with E-state index in [1.807, 2.05) is 6.92 Å². The maximum absolute atomic E-state index is 10.3. The van der Waals surface area contributed by atoms with Crippen molar-refractivity contribution in [2.24, 2.45) is 26.0 Å². The number of isocyanates is 2. The molecular formula is C16H27N3O3. The second-order valence-electron chi connectivity index (χ2n) is 7.03. The van der Waals surface area contributed by atoms with Gasteiger partial charge in [-0.1, -0.05) is 32.9 Å². The lowest BCUT2D eigenvalue weighted by Gasteiger charge is -2.44. The molecule has 22 heavy (non-hydrogen) atoms. The third kappa shape index (κ3) is 7.87. The molecule has 1 aliphatic rings. The summed E-state index contributed by atoms with van der Waals surface area (Å²) in [6.45, 7) is 10.6. The Morgan fingerprint density at radius 1 is 1.23 bits per heavy atom. The Balaban J connectivity index is 0.000000626. The standard InChI is InChI=1S/C12H18N2O2.C4H9NO/c1-11(2)4-10(14-9-16)5-12(3,6-11)7-13-8-15;1-3-4(2)5-6/h10H,4-7H2,1-3H3;6H,3H2,1-2H3/b;5-4+. The van der Waals surface area contributed by atoms with Crippen LogP contribution >= 0.6 is 0 Å². The van der Waals surface area contributed by atoms with Crippen molar-refractivity contribution in [1.29, 1.82) is 0 Å². The lowest BCUT2D eigenvalue weighted by atomic mass is 9.63. The molecule has 124 valence electrons. The number of rotatable bonds is 4. The van der Waals surface area contributed by atoms with Gasteiger partial charge in [-0.3, -0.25) is 0 Å². The third-order valence-electron chi connectivity index (χ3n) is 3.86. The zero-order valence-corrected chi connectivity index (χ0v) is 14.2. The molecule has 1 aliphatic carbocycles. The first-order valence-electron chi connectivity index (χ1n) is 7.50. The smallest absolute Gasteiger partial charge is 0.235 e. The average molecular weight is 309 g/mol. The van der Waals surface area contributed by atoms with Gasteiger partial charge in [-0.2, -0.15) is 0 Å². The molecular weight excluding hydrogens is 282 g/mol. The molecule has 0 heterocycles. The van der Waals surface area contributed by atoms with Crippen molar-refractivity contribution >= 4 is 17.9 Å². The molecule has 0 spiro atoms. The summed E-state index contributed by atoms with van der Waals surface area (Å²) in [5.74, 6) is 0. The fourth-order valence-electron chi connectivity index (χ4n) is 3.16. The third-order valence-corrected chi connectivity index (χ3v) is 3.86. The van der Waals surface area contributed by atoms with Crippen LogP contribution in [0.3, 0.4) is 0 Å². The minimum absolute atomic E-state index is 0.00750. The summed E-state index contributed by atoms with van der Waals surface area (Å²) < 4.78 is 0. The van der Waals surface area contributed by atoms with Gasteiger partial charge in [-0.15, -0.1) is 0 Å². The van der Waals surface area contributed by atoms with E-state index >= 15 is 0 Å². The zero-order chi connectivity index (χ0) is 17.2. The molecule has 2 atom stereocenters. The number of nitrogens with zero attached hydrogens (tertiary/aromatic N) is 3. The predicted molar refractivity (Wildman–Crippen MR) is 85.8 cm³/mol. The summed E-state index contributed by atoms with van der Waals surface area (Å²) in [6, 6.07) is 0.00750. The molecule has 0 aromatic rings. The zero-order valence-electron chi connectivity index (χ0n) is 14.2. The van der Waals surface area contributed by atoms with E-state index in [9.17, 15) is 9.59 Å². The minimum Gasteiger partial charge on any atom is -0.411 e. The monoisotopic (exact) mass is 309 g/mol. The van der Waals surface area contributed by atoms with Crippen LogP contribution in [0.5, 0.6) is 0 Å². The lowest BCUT2D eigenvalue weighted by molar-refractivity contribution is 0.0915. The van der Waals surface area contributed by atoms with Crippen molar-refractivity contribution in [3.8, 4) is 0 Å². The van der Waals surface area contributed by atoms with Crippen LogP contribution in [-0.4, -0.2) is 35.7 Å². The summed E-state index contributed by atoms with van der Waals surface area (Å²) in [7, 11) is 0. The average Bonchev–Trinajstić information content (AvgIpc) is 2.43. The molecule has 6 heteroatoms. The number of aliphatic imine (C=N–C) groups is 2. The molecule has 1 saturated carbocycles. The molecule has 1 rings (SSSR count). The molecule has 1 N–H and O–H groups in total. The highest BCUT2D eigenvalue weighted by Gasteiger charge is 2.41. The highest BCUT2D eigenvalue weighted by Crippen LogP contribution is 2.47. The maximum atomic E-state index is 10.3. The molecule has 2 unspecified atom stereocenters. The molecule has 0 aromatic carbocycles. The van der Waals surface area contributed by atoms with E-state index in [-0.39, 0.29) is 16.9 Å². The Labute approximate surface area is 132 Å². The summed E-state index contributed by atoms with van der Waals surface area (Å²) in [5.41, 5.74) is 0.829. The lowest BCUT2D eigenvalue weighted by Crippen LogP contribution is -2.39. The molecule has 0 saturated heterocycles. The summed E-state index contributed by atoms with van der Waals surface area (Å²) >= 11 is 0. The van der Waals surface area contributed by atoms with Crippen molar-refractivity contribution in [3.63, 3.8) is 0 Å². The van der Waals surface area contributed by atoms with Crippen molar-refractivity contribution < 1.29 is 14.8 Å². The van der Waals surface area contributed by atoms with Gasteiger partial charge in [0.1, 0.15) is 0 Å². The fourth-order valence-corrected chi connectivity index (χ4v) is 3.16. The quantitative estimate of drug-likeness (QED) is 0.373. The van der Waals surface area contributed by atoms with Gasteiger partial charge in [0, 0.05) is 0 Å². The first-order chi connectivity index (χ1) is 10.2. The second kappa shape index (κ2) is 9.29. The summed E-state index contributed by atoms with van der Waals surface area (Å²) in [4.78, 5) is 28.0. The van der Waals surface area contributed by atoms with E-state index in [0.717, 1.165) is 31.4 Å². The largest absolute Gasteiger partial charge is 0.411 e. The minimum atomic E-state index is -0.0653. The van der Waals surface area contributed by atoms with Crippen LogP contribution in [0.25, 0.3) is 0 Å². The SMILES string of the molecule is CC/C(C)=N/O.CC1(C)CC(N=C=O)CC(C)(CN=C=O)C1. The van der Waals surface area contributed by atoms with Gasteiger partial charge in [-0.05, 0) is 43.4 Å². The molecule has 0 bridgehead atoms. The van der Waals surface area contributed by atoms with Gasteiger partial charge in [0.05, 0.1) is 18.3 Å². The molecule has 0 aromatic heterocycles. The van der Waals surface area contributed by atoms with Gasteiger partial charge in [0.2, 0.25) is 12.2 Å². The van der Waals surface area contributed by atoms with Crippen LogP contribution in [-0.2, 0) is 9.59 Å². The molecule has 0 radical (unpaired) electrons. The number of hydrogen-bond donors (Lipinski definition) is 1. The Morgan fingerprint density at radius 2 is 1.86 bits per heavy atom. The van der Waals surface area contributed by atoms with E-state index in [2.05, 4.69) is 35.9 Å². The van der Waals surface area contributed by atoms with E-state index in [1.54, 1.807) is 19.1 Å². The summed E-state index contributed by atoms with van der Waals surface area (Å²) in [6.07, 6.45) is 6.71. The second-order valence-corrected chi connectivity index (χ2v) is 7.03. The van der Waals surface area contributed by atoms with Crippen molar-refractivity contribution in [2.75, 3.05) is 6.54 Å². The molecule has 1 fully saturated rings. The Hall–Kier alpha value is -1.77. The highest BCUT2D eigenvalue weighted by atomic mass is 16.4. The van der Waals surface area contributed by atoms with Crippen LogP contribution in [0.1, 0.15) is 60.3 Å². The van der Waals surface area contributed by atoms with Gasteiger partial charge in [0.15, 0.2) is 0 Å². The predicted octanol–water partition coefficient (Wildman–Crippen LogP) is 3.49. The van der Waals surface area contributed by atoms with Crippen LogP contribution in [0.15, 0.2) is 15.1 Å². The topological polar surface area (TPSA) is 91.4 Å². The molecule has 0 aliphatic heterocycles. The maximum Gasteiger partial charge on any atom is 0.235 e. The number of carbonyl (C=O) groups excluding carboxylic acids is 2. The van der Waals surface area contributed by atoms with Crippen LogP contribution in [0, 0.1) is 10.8 Å². The summed E-state index contributed by atoms with van der Waals surface area (Å²) in [5, 5.41) is 10.8. The van der Waals surface area contributed by atoms with Crippen molar-refractivity contribution in [2.45, 2.75) is 66.3 Å². The van der Waals surface area contributed by atoms with Crippen molar-refractivity contribution in [1.82, 2.24) is 0 Å².